The van der Waals surface area contributed by atoms with Gasteiger partial charge < -0.3 is 5.32 Å². The van der Waals surface area contributed by atoms with Gasteiger partial charge >= 0.3 is 0 Å². The highest BCUT2D eigenvalue weighted by Gasteiger charge is 2.23. The molecule has 1 aliphatic carbocycles. The van der Waals surface area contributed by atoms with E-state index in [2.05, 4.69) is 12.2 Å². The third kappa shape index (κ3) is 3.50. The number of hydrogen-bond acceptors (Lipinski definition) is 1. The second-order valence-electron chi connectivity index (χ2n) is 5.15. The van der Waals surface area contributed by atoms with Crippen LogP contribution in [0.4, 0.5) is 8.78 Å². The Kier molecular flexibility index (Phi) is 3.77. The normalized spacial score (nSPS) is 19.1. The van der Waals surface area contributed by atoms with Gasteiger partial charge in [-0.3, -0.25) is 0 Å². The van der Waals surface area contributed by atoms with Gasteiger partial charge in [0, 0.05) is 12.1 Å². The zero-order valence-electron chi connectivity index (χ0n) is 10.3. The number of rotatable bonds is 5. The maximum absolute atomic E-state index is 13.1. The van der Waals surface area contributed by atoms with Crippen molar-refractivity contribution >= 4 is 0 Å². The SMILES string of the molecule is CC(CNC1CC1)C(C)c1cc(F)cc(F)c1. The van der Waals surface area contributed by atoms with Crippen molar-refractivity contribution in [2.75, 3.05) is 6.54 Å². The second kappa shape index (κ2) is 5.13. The van der Waals surface area contributed by atoms with Crippen molar-refractivity contribution < 1.29 is 8.78 Å². The minimum atomic E-state index is -0.491. The van der Waals surface area contributed by atoms with Crippen LogP contribution in [0, 0.1) is 17.6 Å². The van der Waals surface area contributed by atoms with Crippen molar-refractivity contribution in [3.63, 3.8) is 0 Å². The first-order valence-electron chi connectivity index (χ1n) is 6.25. The van der Waals surface area contributed by atoms with Crippen molar-refractivity contribution in [3.8, 4) is 0 Å². The topological polar surface area (TPSA) is 12.0 Å². The zero-order chi connectivity index (χ0) is 12.4. The van der Waals surface area contributed by atoms with Crippen molar-refractivity contribution in [1.82, 2.24) is 5.32 Å². The predicted molar refractivity (Wildman–Crippen MR) is 65.0 cm³/mol. The monoisotopic (exact) mass is 239 g/mol. The van der Waals surface area contributed by atoms with Gasteiger partial charge in [-0.1, -0.05) is 13.8 Å². The van der Waals surface area contributed by atoms with Gasteiger partial charge in [-0.05, 0) is 48.9 Å². The lowest BCUT2D eigenvalue weighted by atomic mass is 9.88. The Labute approximate surface area is 101 Å². The van der Waals surface area contributed by atoms with Gasteiger partial charge in [0.25, 0.3) is 0 Å². The van der Waals surface area contributed by atoms with E-state index >= 15 is 0 Å². The Hall–Kier alpha value is -0.960. The van der Waals surface area contributed by atoms with Gasteiger partial charge in [-0.2, -0.15) is 0 Å². The van der Waals surface area contributed by atoms with E-state index in [4.69, 9.17) is 0 Å². The van der Waals surface area contributed by atoms with E-state index in [0.29, 0.717) is 12.0 Å². The minimum Gasteiger partial charge on any atom is -0.314 e. The molecule has 2 atom stereocenters. The van der Waals surface area contributed by atoms with Gasteiger partial charge in [0.05, 0.1) is 0 Å². The van der Waals surface area contributed by atoms with Crippen molar-refractivity contribution in [1.29, 1.82) is 0 Å². The van der Waals surface area contributed by atoms with E-state index in [9.17, 15) is 8.78 Å². The molecule has 1 nitrogen and oxygen atoms in total. The summed E-state index contributed by atoms with van der Waals surface area (Å²) < 4.78 is 26.2. The first kappa shape index (κ1) is 12.5. The fourth-order valence-electron chi connectivity index (χ4n) is 1.98. The molecule has 1 aliphatic rings. The van der Waals surface area contributed by atoms with Crippen LogP contribution in [0.2, 0.25) is 0 Å². The molecule has 0 aromatic heterocycles. The molecule has 0 heterocycles. The summed E-state index contributed by atoms with van der Waals surface area (Å²) in [6.07, 6.45) is 2.52. The van der Waals surface area contributed by atoms with Gasteiger partial charge in [0.1, 0.15) is 11.6 Å². The van der Waals surface area contributed by atoms with E-state index < -0.39 is 11.6 Å². The molecule has 17 heavy (non-hydrogen) atoms. The fraction of sp³-hybridized carbons (Fsp3) is 0.571. The summed E-state index contributed by atoms with van der Waals surface area (Å²) in [5.41, 5.74) is 0.743. The standard InChI is InChI=1S/C14H19F2N/c1-9(8-17-14-3-4-14)10(2)11-5-12(15)7-13(16)6-11/h5-7,9-10,14,17H,3-4,8H2,1-2H3. The van der Waals surface area contributed by atoms with Gasteiger partial charge in [-0.15, -0.1) is 0 Å². The highest BCUT2D eigenvalue weighted by Crippen LogP contribution is 2.26. The molecule has 1 fully saturated rings. The molecule has 1 saturated carbocycles. The third-order valence-corrected chi connectivity index (χ3v) is 3.57. The molecule has 2 unspecified atom stereocenters. The highest BCUT2D eigenvalue weighted by atomic mass is 19.1. The number of halogens is 2. The summed E-state index contributed by atoms with van der Waals surface area (Å²) in [7, 11) is 0. The molecule has 94 valence electrons. The largest absolute Gasteiger partial charge is 0.314 e. The molecule has 0 amide bonds. The highest BCUT2D eigenvalue weighted by molar-refractivity contribution is 5.22. The minimum absolute atomic E-state index is 0.159. The molecule has 0 radical (unpaired) electrons. The van der Waals surface area contributed by atoms with Crippen LogP contribution < -0.4 is 5.32 Å². The second-order valence-corrected chi connectivity index (χ2v) is 5.15. The van der Waals surface area contributed by atoms with E-state index in [0.717, 1.165) is 18.2 Å². The van der Waals surface area contributed by atoms with Gasteiger partial charge in [-0.25, -0.2) is 8.78 Å². The Bertz CT molecular complexity index is 368. The molecule has 0 bridgehead atoms. The molecule has 0 spiro atoms. The molecule has 3 heteroatoms. The van der Waals surface area contributed by atoms with E-state index in [1.54, 1.807) is 0 Å². The molecule has 0 saturated heterocycles. The summed E-state index contributed by atoms with van der Waals surface area (Å²) in [4.78, 5) is 0. The van der Waals surface area contributed by atoms with Crippen LogP contribution in [0.1, 0.15) is 38.2 Å². The molecular weight excluding hydrogens is 220 g/mol. The zero-order valence-corrected chi connectivity index (χ0v) is 10.3. The Morgan fingerprint density at radius 1 is 1.18 bits per heavy atom. The lowest BCUT2D eigenvalue weighted by molar-refractivity contribution is 0.442. The van der Waals surface area contributed by atoms with E-state index in [1.165, 1.54) is 25.0 Å². The smallest absolute Gasteiger partial charge is 0.126 e. The average molecular weight is 239 g/mol. The Morgan fingerprint density at radius 2 is 1.76 bits per heavy atom. The van der Waals surface area contributed by atoms with Crippen LogP contribution in [0.25, 0.3) is 0 Å². The van der Waals surface area contributed by atoms with E-state index in [-0.39, 0.29) is 5.92 Å². The Morgan fingerprint density at radius 3 is 2.29 bits per heavy atom. The quantitative estimate of drug-likeness (QED) is 0.829. The molecular formula is C14H19F2N. The lowest BCUT2D eigenvalue weighted by Crippen LogP contribution is -2.26. The molecule has 1 aromatic rings. The number of benzene rings is 1. The van der Waals surface area contributed by atoms with Crippen LogP contribution in [0.3, 0.4) is 0 Å². The van der Waals surface area contributed by atoms with Crippen molar-refractivity contribution in [2.45, 2.75) is 38.6 Å². The number of hydrogen-bond donors (Lipinski definition) is 1. The lowest BCUT2D eigenvalue weighted by Gasteiger charge is -2.21. The Balaban J connectivity index is 1.98. The molecule has 1 aromatic carbocycles. The summed E-state index contributed by atoms with van der Waals surface area (Å²) in [5.74, 6) is -0.452. The summed E-state index contributed by atoms with van der Waals surface area (Å²) in [5, 5.41) is 3.45. The first-order chi connectivity index (χ1) is 8.06. The third-order valence-electron chi connectivity index (χ3n) is 3.57. The van der Waals surface area contributed by atoms with Crippen LogP contribution in [0.15, 0.2) is 18.2 Å². The van der Waals surface area contributed by atoms with Crippen LogP contribution in [-0.4, -0.2) is 12.6 Å². The average Bonchev–Trinajstić information content (AvgIpc) is 3.07. The summed E-state index contributed by atoms with van der Waals surface area (Å²) in [6, 6.07) is 4.46. The van der Waals surface area contributed by atoms with Crippen molar-refractivity contribution in [3.05, 3.63) is 35.4 Å². The fourth-order valence-corrected chi connectivity index (χ4v) is 1.98. The van der Waals surface area contributed by atoms with Gasteiger partial charge in [0.2, 0.25) is 0 Å². The van der Waals surface area contributed by atoms with Crippen LogP contribution >= 0.6 is 0 Å². The van der Waals surface area contributed by atoms with Crippen LogP contribution in [0.5, 0.6) is 0 Å². The molecule has 1 N–H and O–H groups in total. The first-order valence-corrected chi connectivity index (χ1v) is 6.25. The number of nitrogens with one attached hydrogen (secondary N) is 1. The van der Waals surface area contributed by atoms with E-state index in [1.807, 2.05) is 6.92 Å². The van der Waals surface area contributed by atoms with Gasteiger partial charge in [0.15, 0.2) is 0 Å². The summed E-state index contributed by atoms with van der Waals surface area (Å²) in [6.45, 7) is 5.04. The molecule has 2 rings (SSSR count). The predicted octanol–water partition coefficient (Wildman–Crippen LogP) is 3.46. The molecule has 0 aliphatic heterocycles. The summed E-state index contributed by atoms with van der Waals surface area (Å²) >= 11 is 0. The van der Waals surface area contributed by atoms with Crippen molar-refractivity contribution in [2.24, 2.45) is 5.92 Å². The van der Waals surface area contributed by atoms with Crippen LogP contribution in [-0.2, 0) is 0 Å². The maximum Gasteiger partial charge on any atom is 0.126 e. The maximum atomic E-state index is 13.1.